The number of hydrogen-bond acceptors (Lipinski definition) is 4. The van der Waals surface area contributed by atoms with Crippen LogP contribution in [0.3, 0.4) is 0 Å². The van der Waals surface area contributed by atoms with E-state index in [-0.39, 0.29) is 24.7 Å². The van der Waals surface area contributed by atoms with Gasteiger partial charge in [0.1, 0.15) is 0 Å². The predicted octanol–water partition coefficient (Wildman–Crippen LogP) is 4.12. The number of rotatable bonds is 5. The molecule has 0 N–H and O–H groups in total. The molecule has 0 unspecified atom stereocenters. The minimum Gasteiger partial charge on any atom is -0.454 e. The lowest BCUT2D eigenvalue weighted by molar-refractivity contribution is -0.151. The van der Waals surface area contributed by atoms with E-state index in [9.17, 15) is 14.4 Å². The zero-order valence-corrected chi connectivity index (χ0v) is 16.8. The number of hydrogen-bond donors (Lipinski definition) is 0. The Morgan fingerprint density at radius 2 is 1.71 bits per heavy atom. The molecule has 5 nitrogen and oxygen atoms in total. The SMILES string of the molecule is Cc1cccc(C)c1N1C[C@H](C(=O)O[C@H](C)C(=O)c2ccc(Cl)cc2)CC1=O. The fourth-order valence-corrected chi connectivity index (χ4v) is 3.61. The van der Waals surface area contributed by atoms with E-state index in [1.807, 2.05) is 32.0 Å². The Balaban J connectivity index is 1.67. The topological polar surface area (TPSA) is 63.7 Å². The third kappa shape index (κ3) is 4.09. The maximum absolute atomic E-state index is 12.6. The normalized spacial score (nSPS) is 17.5. The van der Waals surface area contributed by atoms with Crippen LogP contribution in [-0.4, -0.2) is 30.3 Å². The first-order valence-electron chi connectivity index (χ1n) is 9.14. The van der Waals surface area contributed by atoms with Crippen molar-refractivity contribution in [2.45, 2.75) is 33.3 Å². The van der Waals surface area contributed by atoms with Gasteiger partial charge in [-0.15, -0.1) is 0 Å². The number of para-hydroxylation sites is 1. The van der Waals surface area contributed by atoms with Crippen molar-refractivity contribution >= 4 is 34.9 Å². The summed E-state index contributed by atoms with van der Waals surface area (Å²) in [7, 11) is 0. The van der Waals surface area contributed by atoms with Crippen molar-refractivity contribution in [1.82, 2.24) is 0 Å². The summed E-state index contributed by atoms with van der Waals surface area (Å²) in [5.41, 5.74) is 3.22. The monoisotopic (exact) mass is 399 g/mol. The average molecular weight is 400 g/mol. The summed E-state index contributed by atoms with van der Waals surface area (Å²) < 4.78 is 5.37. The van der Waals surface area contributed by atoms with Gasteiger partial charge in [0.2, 0.25) is 11.7 Å². The number of benzene rings is 2. The van der Waals surface area contributed by atoms with Gasteiger partial charge in [0, 0.05) is 29.2 Å². The molecular formula is C22H22ClNO4. The van der Waals surface area contributed by atoms with Gasteiger partial charge in [0.25, 0.3) is 0 Å². The highest BCUT2D eigenvalue weighted by Gasteiger charge is 2.38. The van der Waals surface area contributed by atoms with Crippen molar-refractivity contribution in [3.05, 3.63) is 64.2 Å². The number of halogens is 1. The minimum atomic E-state index is -0.932. The van der Waals surface area contributed by atoms with Gasteiger partial charge in [-0.05, 0) is 56.2 Å². The number of ether oxygens (including phenoxy) is 1. The van der Waals surface area contributed by atoms with Crippen LogP contribution in [0, 0.1) is 19.8 Å². The molecule has 6 heteroatoms. The molecule has 3 rings (SSSR count). The third-order valence-electron chi connectivity index (χ3n) is 4.96. The quantitative estimate of drug-likeness (QED) is 0.560. The molecule has 146 valence electrons. The van der Waals surface area contributed by atoms with Crippen LogP contribution in [0.4, 0.5) is 5.69 Å². The summed E-state index contributed by atoms with van der Waals surface area (Å²) in [5, 5.41) is 0.525. The number of Topliss-reactive ketones (excluding diaryl/α,β-unsaturated/α-hetero) is 1. The predicted molar refractivity (Wildman–Crippen MR) is 108 cm³/mol. The molecule has 2 atom stereocenters. The number of anilines is 1. The Morgan fingerprint density at radius 3 is 2.32 bits per heavy atom. The van der Waals surface area contributed by atoms with Gasteiger partial charge in [0.15, 0.2) is 6.10 Å². The molecule has 0 radical (unpaired) electrons. The van der Waals surface area contributed by atoms with E-state index in [1.165, 1.54) is 6.92 Å². The second-order valence-electron chi connectivity index (χ2n) is 7.10. The van der Waals surface area contributed by atoms with E-state index in [4.69, 9.17) is 16.3 Å². The lowest BCUT2D eigenvalue weighted by Crippen LogP contribution is -2.31. The van der Waals surface area contributed by atoms with Gasteiger partial charge in [-0.1, -0.05) is 29.8 Å². The Labute approximate surface area is 169 Å². The van der Waals surface area contributed by atoms with E-state index in [2.05, 4.69) is 0 Å². The second-order valence-corrected chi connectivity index (χ2v) is 7.53. The molecule has 0 aromatic heterocycles. The molecule has 1 aliphatic heterocycles. The van der Waals surface area contributed by atoms with Gasteiger partial charge >= 0.3 is 5.97 Å². The molecule has 2 aromatic carbocycles. The molecule has 1 amide bonds. The van der Waals surface area contributed by atoms with Gasteiger partial charge in [0.05, 0.1) is 5.92 Å². The Kier molecular flexibility index (Phi) is 5.84. The number of ketones is 1. The lowest BCUT2D eigenvalue weighted by Gasteiger charge is -2.21. The van der Waals surface area contributed by atoms with E-state index in [0.717, 1.165) is 16.8 Å². The Hall–Kier alpha value is -2.66. The highest BCUT2D eigenvalue weighted by atomic mass is 35.5. The standard InChI is InChI=1S/C22H22ClNO4/c1-13-5-4-6-14(2)20(13)24-12-17(11-19(24)25)22(27)28-15(3)21(26)16-7-9-18(23)10-8-16/h4-10,15,17H,11-12H2,1-3H3/t15-,17-/m1/s1. The highest BCUT2D eigenvalue weighted by Crippen LogP contribution is 2.31. The van der Waals surface area contributed by atoms with Crippen LogP contribution in [-0.2, 0) is 14.3 Å². The van der Waals surface area contributed by atoms with E-state index < -0.39 is 18.0 Å². The summed E-state index contributed by atoms with van der Waals surface area (Å²) in [5.74, 6) is -1.54. The zero-order chi connectivity index (χ0) is 20.4. The fourth-order valence-electron chi connectivity index (χ4n) is 3.49. The van der Waals surface area contributed by atoms with E-state index in [0.29, 0.717) is 10.6 Å². The molecule has 28 heavy (non-hydrogen) atoms. The number of nitrogens with zero attached hydrogens (tertiary/aromatic N) is 1. The van der Waals surface area contributed by atoms with Gasteiger partial charge in [-0.25, -0.2) is 0 Å². The molecule has 1 heterocycles. The first-order valence-corrected chi connectivity index (χ1v) is 9.52. The fraction of sp³-hybridized carbons (Fsp3) is 0.318. The first-order chi connectivity index (χ1) is 13.3. The van der Waals surface area contributed by atoms with Crippen LogP contribution < -0.4 is 4.90 Å². The molecular weight excluding hydrogens is 378 g/mol. The van der Waals surface area contributed by atoms with Crippen molar-refractivity contribution in [1.29, 1.82) is 0 Å². The number of carbonyl (C=O) groups is 3. The molecule has 1 fully saturated rings. The van der Waals surface area contributed by atoms with Crippen LogP contribution >= 0.6 is 11.6 Å². The largest absolute Gasteiger partial charge is 0.454 e. The van der Waals surface area contributed by atoms with Gasteiger partial charge < -0.3 is 9.64 Å². The third-order valence-corrected chi connectivity index (χ3v) is 5.21. The smallest absolute Gasteiger partial charge is 0.312 e. The lowest BCUT2D eigenvalue weighted by atomic mass is 10.1. The van der Waals surface area contributed by atoms with Crippen molar-refractivity contribution in [2.24, 2.45) is 5.92 Å². The number of amides is 1. The Bertz CT molecular complexity index is 902. The van der Waals surface area contributed by atoms with Crippen molar-refractivity contribution in [3.63, 3.8) is 0 Å². The average Bonchev–Trinajstić information content (AvgIpc) is 3.03. The summed E-state index contributed by atoms with van der Waals surface area (Å²) in [6, 6.07) is 12.2. The number of aryl methyl sites for hydroxylation is 2. The summed E-state index contributed by atoms with van der Waals surface area (Å²) in [4.78, 5) is 39.2. The molecule has 0 bridgehead atoms. The van der Waals surface area contributed by atoms with Crippen molar-refractivity contribution in [3.8, 4) is 0 Å². The van der Waals surface area contributed by atoms with Gasteiger partial charge in [-0.2, -0.15) is 0 Å². The number of carbonyl (C=O) groups excluding carboxylic acids is 3. The van der Waals surface area contributed by atoms with Crippen LogP contribution in [0.2, 0.25) is 5.02 Å². The van der Waals surface area contributed by atoms with Crippen LogP contribution in [0.1, 0.15) is 34.8 Å². The van der Waals surface area contributed by atoms with Crippen LogP contribution in [0.5, 0.6) is 0 Å². The molecule has 0 saturated carbocycles. The summed E-state index contributed by atoms with van der Waals surface area (Å²) in [6.45, 7) is 5.67. The van der Waals surface area contributed by atoms with E-state index >= 15 is 0 Å². The highest BCUT2D eigenvalue weighted by molar-refractivity contribution is 6.30. The molecule has 2 aromatic rings. The van der Waals surface area contributed by atoms with Crippen molar-refractivity contribution in [2.75, 3.05) is 11.4 Å². The van der Waals surface area contributed by atoms with Crippen LogP contribution in [0.25, 0.3) is 0 Å². The van der Waals surface area contributed by atoms with Crippen LogP contribution in [0.15, 0.2) is 42.5 Å². The second kappa shape index (κ2) is 8.15. The maximum atomic E-state index is 12.6. The Morgan fingerprint density at radius 1 is 1.11 bits per heavy atom. The summed E-state index contributed by atoms with van der Waals surface area (Å²) >= 11 is 5.83. The number of esters is 1. The molecule has 0 aliphatic carbocycles. The summed E-state index contributed by atoms with van der Waals surface area (Å²) in [6.07, 6.45) is -0.855. The first kappa shape index (κ1) is 20.1. The molecule has 1 aliphatic rings. The minimum absolute atomic E-state index is 0.0778. The van der Waals surface area contributed by atoms with Crippen molar-refractivity contribution < 1.29 is 19.1 Å². The maximum Gasteiger partial charge on any atom is 0.312 e. The van der Waals surface area contributed by atoms with E-state index in [1.54, 1.807) is 29.2 Å². The molecule has 0 spiro atoms. The van der Waals surface area contributed by atoms with Gasteiger partial charge in [-0.3, -0.25) is 14.4 Å². The zero-order valence-electron chi connectivity index (χ0n) is 16.1. The molecule has 1 saturated heterocycles.